The third-order valence-electron chi connectivity index (χ3n) is 6.66. The Morgan fingerprint density at radius 3 is 2.22 bits per heavy atom. The SMILES string of the molecule is Cc1c(Cc2ccccc2S(=O)(=O)c2ccccc2)cc(-c2ccnc(Cl)c2)n1CCc1ccccc1. The van der Waals surface area contributed by atoms with E-state index in [1.54, 1.807) is 42.6 Å². The molecule has 0 aliphatic carbocycles. The fourth-order valence-corrected chi connectivity index (χ4v) is 6.39. The highest BCUT2D eigenvalue weighted by molar-refractivity contribution is 7.91. The topological polar surface area (TPSA) is 52.0 Å². The summed E-state index contributed by atoms with van der Waals surface area (Å²) in [6.45, 7) is 2.88. The predicted octanol–water partition coefficient (Wildman–Crippen LogP) is 7.18. The van der Waals surface area contributed by atoms with Gasteiger partial charge in [0.2, 0.25) is 9.84 Å². The molecule has 3 aromatic carbocycles. The molecule has 5 aromatic rings. The summed E-state index contributed by atoms with van der Waals surface area (Å²) in [5.74, 6) is 0. The molecule has 0 aliphatic heterocycles. The summed E-state index contributed by atoms with van der Waals surface area (Å²) in [5, 5.41) is 0.437. The average molecular weight is 527 g/mol. The number of sulfone groups is 1. The molecular weight excluding hydrogens is 500 g/mol. The van der Waals surface area contributed by atoms with Crippen LogP contribution in [0.15, 0.2) is 119 Å². The summed E-state index contributed by atoms with van der Waals surface area (Å²) in [6, 6.07) is 32.2. The van der Waals surface area contributed by atoms with Crippen LogP contribution in [0.4, 0.5) is 0 Å². The largest absolute Gasteiger partial charge is 0.344 e. The second-order valence-corrected chi connectivity index (χ2v) is 11.3. The normalized spacial score (nSPS) is 11.5. The van der Waals surface area contributed by atoms with Gasteiger partial charge in [-0.1, -0.05) is 78.3 Å². The maximum absolute atomic E-state index is 13.5. The number of benzene rings is 3. The second kappa shape index (κ2) is 10.8. The van der Waals surface area contributed by atoms with Gasteiger partial charge in [0.1, 0.15) is 5.15 Å². The van der Waals surface area contributed by atoms with Gasteiger partial charge in [0.05, 0.1) is 9.79 Å². The van der Waals surface area contributed by atoms with Crippen LogP contribution < -0.4 is 0 Å². The van der Waals surface area contributed by atoms with E-state index in [4.69, 9.17) is 11.6 Å². The smallest absolute Gasteiger partial charge is 0.206 e. The van der Waals surface area contributed by atoms with Gasteiger partial charge < -0.3 is 4.57 Å². The fraction of sp³-hybridized carbons (Fsp3) is 0.129. The van der Waals surface area contributed by atoms with Crippen LogP contribution in [0.1, 0.15) is 22.4 Å². The van der Waals surface area contributed by atoms with Crippen molar-refractivity contribution in [2.24, 2.45) is 0 Å². The van der Waals surface area contributed by atoms with Crippen molar-refractivity contribution < 1.29 is 8.42 Å². The van der Waals surface area contributed by atoms with Crippen molar-refractivity contribution >= 4 is 21.4 Å². The quantitative estimate of drug-likeness (QED) is 0.201. The van der Waals surface area contributed by atoms with E-state index in [-0.39, 0.29) is 0 Å². The van der Waals surface area contributed by atoms with E-state index in [1.165, 1.54) is 5.56 Å². The van der Waals surface area contributed by atoms with Crippen molar-refractivity contribution in [2.75, 3.05) is 0 Å². The summed E-state index contributed by atoms with van der Waals surface area (Å²) in [5.41, 5.74) is 6.23. The van der Waals surface area contributed by atoms with Gasteiger partial charge in [0.25, 0.3) is 0 Å². The van der Waals surface area contributed by atoms with Crippen LogP contribution in [0.3, 0.4) is 0 Å². The number of aryl methyl sites for hydroxylation is 1. The molecule has 0 N–H and O–H groups in total. The van der Waals surface area contributed by atoms with Crippen LogP contribution in [-0.4, -0.2) is 18.0 Å². The molecule has 5 rings (SSSR count). The average Bonchev–Trinajstić information content (AvgIpc) is 3.23. The summed E-state index contributed by atoms with van der Waals surface area (Å²) in [6.07, 6.45) is 3.09. The third-order valence-corrected chi connectivity index (χ3v) is 8.73. The molecular formula is C31H27ClN2O2S. The van der Waals surface area contributed by atoms with Crippen molar-refractivity contribution in [3.63, 3.8) is 0 Å². The molecule has 0 saturated carbocycles. The molecule has 4 nitrogen and oxygen atoms in total. The lowest BCUT2D eigenvalue weighted by Crippen LogP contribution is -2.07. The zero-order chi connectivity index (χ0) is 25.8. The van der Waals surface area contributed by atoms with Crippen LogP contribution in [0.2, 0.25) is 5.15 Å². The van der Waals surface area contributed by atoms with Gasteiger partial charge in [-0.15, -0.1) is 0 Å². The molecule has 0 amide bonds. The Morgan fingerprint density at radius 2 is 1.49 bits per heavy atom. The molecule has 0 spiro atoms. The highest BCUT2D eigenvalue weighted by Gasteiger charge is 2.22. The Balaban J connectivity index is 1.55. The third kappa shape index (κ3) is 5.38. The number of hydrogen-bond donors (Lipinski definition) is 0. The molecule has 37 heavy (non-hydrogen) atoms. The summed E-state index contributed by atoms with van der Waals surface area (Å²) in [4.78, 5) is 4.78. The Morgan fingerprint density at radius 1 is 0.811 bits per heavy atom. The van der Waals surface area contributed by atoms with Gasteiger partial charge in [-0.05, 0) is 66.4 Å². The molecule has 0 fully saturated rings. The number of pyridine rings is 1. The molecule has 186 valence electrons. The lowest BCUT2D eigenvalue weighted by molar-refractivity contribution is 0.595. The van der Waals surface area contributed by atoms with Gasteiger partial charge in [-0.3, -0.25) is 0 Å². The summed E-state index contributed by atoms with van der Waals surface area (Å²) < 4.78 is 29.3. The van der Waals surface area contributed by atoms with Crippen LogP contribution in [0.5, 0.6) is 0 Å². The minimum atomic E-state index is -3.64. The first-order valence-electron chi connectivity index (χ1n) is 12.2. The zero-order valence-corrected chi connectivity index (χ0v) is 22.1. The van der Waals surface area contributed by atoms with Crippen LogP contribution in [0, 0.1) is 6.92 Å². The number of hydrogen-bond acceptors (Lipinski definition) is 3. The first-order valence-corrected chi connectivity index (χ1v) is 14.0. The van der Waals surface area contributed by atoms with E-state index in [0.29, 0.717) is 21.4 Å². The number of halogens is 1. The first-order chi connectivity index (χ1) is 17.9. The van der Waals surface area contributed by atoms with Crippen molar-refractivity contribution in [3.05, 3.63) is 137 Å². The number of rotatable bonds is 8. The molecule has 0 atom stereocenters. The summed E-state index contributed by atoms with van der Waals surface area (Å²) >= 11 is 6.24. The standard InChI is InChI=1S/C31H27ClN2O2S/c1-23-27(20-26-12-8-9-15-30(26)37(35,36)28-13-6-3-7-14-28)21-29(25-16-18-33-31(32)22-25)34(23)19-17-24-10-4-2-5-11-24/h2-16,18,21-22H,17,19-20H2,1H3. The maximum atomic E-state index is 13.5. The van der Waals surface area contributed by atoms with Gasteiger partial charge in [-0.25, -0.2) is 13.4 Å². The highest BCUT2D eigenvalue weighted by Crippen LogP contribution is 2.31. The fourth-order valence-electron chi connectivity index (χ4n) is 4.70. The van der Waals surface area contributed by atoms with E-state index in [2.05, 4.69) is 46.8 Å². The van der Waals surface area contributed by atoms with Crippen LogP contribution in [-0.2, 0) is 29.2 Å². The van der Waals surface area contributed by atoms with E-state index >= 15 is 0 Å². The highest BCUT2D eigenvalue weighted by atomic mass is 35.5. The minimum absolute atomic E-state index is 0.298. The Labute approximate surface area is 223 Å². The lowest BCUT2D eigenvalue weighted by Gasteiger charge is -2.13. The van der Waals surface area contributed by atoms with E-state index in [9.17, 15) is 8.42 Å². The minimum Gasteiger partial charge on any atom is -0.344 e. The van der Waals surface area contributed by atoms with E-state index in [1.807, 2.05) is 36.4 Å². The van der Waals surface area contributed by atoms with Crippen LogP contribution in [0.25, 0.3) is 11.3 Å². The molecule has 2 heterocycles. The number of aromatic nitrogens is 2. The first kappa shape index (κ1) is 25.0. The van der Waals surface area contributed by atoms with Gasteiger partial charge in [0.15, 0.2) is 0 Å². The molecule has 0 saturated heterocycles. The van der Waals surface area contributed by atoms with E-state index in [0.717, 1.165) is 41.0 Å². The Kier molecular flexibility index (Phi) is 7.26. The summed E-state index contributed by atoms with van der Waals surface area (Å²) in [7, 11) is -3.64. The Bertz CT molecular complexity index is 1630. The predicted molar refractivity (Wildman–Crippen MR) is 149 cm³/mol. The monoisotopic (exact) mass is 526 g/mol. The van der Waals surface area contributed by atoms with Crippen LogP contribution >= 0.6 is 11.6 Å². The van der Waals surface area contributed by atoms with Gasteiger partial charge in [0, 0.05) is 36.1 Å². The van der Waals surface area contributed by atoms with Crippen molar-refractivity contribution in [1.29, 1.82) is 0 Å². The second-order valence-electron chi connectivity index (χ2n) is 9.00. The molecule has 0 radical (unpaired) electrons. The molecule has 0 bridgehead atoms. The lowest BCUT2D eigenvalue weighted by atomic mass is 10.0. The maximum Gasteiger partial charge on any atom is 0.206 e. The number of nitrogens with zero attached hydrogens (tertiary/aromatic N) is 2. The molecule has 0 unspecified atom stereocenters. The van der Waals surface area contributed by atoms with Crippen molar-refractivity contribution in [1.82, 2.24) is 9.55 Å². The van der Waals surface area contributed by atoms with Gasteiger partial charge in [-0.2, -0.15) is 0 Å². The van der Waals surface area contributed by atoms with Crippen molar-refractivity contribution in [3.8, 4) is 11.3 Å². The van der Waals surface area contributed by atoms with E-state index < -0.39 is 9.84 Å². The Hall–Kier alpha value is -3.67. The zero-order valence-electron chi connectivity index (χ0n) is 20.5. The molecule has 2 aromatic heterocycles. The van der Waals surface area contributed by atoms with Gasteiger partial charge >= 0.3 is 0 Å². The molecule has 6 heteroatoms. The molecule has 0 aliphatic rings. The van der Waals surface area contributed by atoms with Crippen molar-refractivity contribution in [2.45, 2.75) is 36.1 Å².